The Hall–Kier alpha value is -2.18. The number of carbonyl (C=O) groups excluding carboxylic acids is 1. The molecule has 1 N–H and O–H groups in total. The molecular weight excluding hydrogens is 386 g/mol. The molecule has 0 aliphatic carbocycles. The van der Waals surface area contributed by atoms with Gasteiger partial charge in [0, 0.05) is 24.7 Å². The summed E-state index contributed by atoms with van der Waals surface area (Å²) < 4.78 is 32.1. The Labute approximate surface area is 169 Å². The van der Waals surface area contributed by atoms with E-state index < -0.39 is 11.6 Å². The van der Waals surface area contributed by atoms with E-state index in [1.54, 1.807) is 24.3 Å². The summed E-state index contributed by atoms with van der Waals surface area (Å²) in [4.78, 5) is 14.7. The first-order valence-corrected chi connectivity index (χ1v) is 9.33. The van der Waals surface area contributed by atoms with Crippen molar-refractivity contribution in [1.29, 1.82) is 0 Å². The van der Waals surface area contributed by atoms with E-state index in [0.717, 1.165) is 51.2 Å². The number of ether oxygens (including phenoxy) is 1. The number of hydrogen-bond acceptors (Lipinski definition) is 3. The van der Waals surface area contributed by atoms with Crippen LogP contribution in [-0.2, 0) is 0 Å². The van der Waals surface area contributed by atoms with E-state index in [0.29, 0.717) is 23.1 Å². The van der Waals surface area contributed by atoms with Crippen LogP contribution >= 0.6 is 12.4 Å². The van der Waals surface area contributed by atoms with E-state index >= 15 is 0 Å². The number of nitrogens with one attached hydrogen (secondary N) is 1. The summed E-state index contributed by atoms with van der Waals surface area (Å²) in [6, 6.07) is 9.79. The van der Waals surface area contributed by atoms with Crippen LogP contribution in [0.5, 0.6) is 11.5 Å². The molecule has 2 fully saturated rings. The van der Waals surface area contributed by atoms with Gasteiger partial charge in [-0.3, -0.25) is 4.79 Å². The number of likely N-dealkylation sites (tertiary alicyclic amines) is 1. The van der Waals surface area contributed by atoms with E-state index in [1.165, 1.54) is 6.07 Å². The van der Waals surface area contributed by atoms with Crippen molar-refractivity contribution in [3.05, 3.63) is 59.7 Å². The van der Waals surface area contributed by atoms with Crippen LogP contribution in [0.3, 0.4) is 0 Å². The highest BCUT2D eigenvalue weighted by molar-refractivity contribution is 5.94. The van der Waals surface area contributed by atoms with Crippen LogP contribution < -0.4 is 10.1 Å². The van der Waals surface area contributed by atoms with Gasteiger partial charge in [-0.15, -0.1) is 12.4 Å². The molecule has 2 aromatic rings. The molecule has 2 atom stereocenters. The smallest absolute Gasteiger partial charge is 0.253 e. The quantitative estimate of drug-likeness (QED) is 0.825. The molecule has 0 unspecified atom stereocenters. The fraction of sp³-hybridized carbons (Fsp3) is 0.381. The summed E-state index contributed by atoms with van der Waals surface area (Å²) >= 11 is 0. The maximum Gasteiger partial charge on any atom is 0.253 e. The number of hydrogen-bond donors (Lipinski definition) is 1. The second kappa shape index (κ2) is 8.88. The fourth-order valence-corrected chi connectivity index (χ4v) is 3.95. The average molecular weight is 409 g/mol. The van der Waals surface area contributed by atoms with Crippen molar-refractivity contribution in [1.82, 2.24) is 10.2 Å². The lowest BCUT2D eigenvalue weighted by Gasteiger charge is -2.21. The maximum absolute atomic E-state index is 13.7. The van der Waals surface area contributed by atoms with Crippen molar-refractivity contribution in [3.8, 4) is 11.5 Å². The highest BCUT2D eigenvalue weighted by atomic mass is 35.5. The highest BCUT2D eigenvalue weighted by Gasteiger charge is 2.31. The summed E-state index contributed by atoms with van der Waals surface area (Å²) in [6.07, 6.45) is 2.07. The molecule has 2 aromatic carbocycles. The largest absolute Gasteiger partial charge is 0.454 e. The summed E-state index contributed by atoms with van der Waals surface area (Å²) in [7, 11) is 0. The molecule has 2 heterocycles. The van der Waals surface area contributed by atoms with Gasteiger partial charge in [-0.2, -0.15) is 0 Å². The topological polar surface area (TPSA) is 41.6 Å². The Bertz CT molecular complexity index is 818. The lowest BCUT2D eigenvalue weighted by molar-refractivity contribution is 0.0758. The molecule has 0 spiro atoms. The molecule has 0 saturated carbocycles. The normalized spacial score (nSPS) is 21.4. The molecule has 2 aliphatic rings. The van der Waals surface area contributed by atoms with E-state index in [-0.39, 0.29) is 24.1 Å². The summed E-state index contributed by atoms with van der Waals surface area (Å²) in [6.45, 7) is 3.67. The number of halogens is 3. The third-order valence-electron chi connectivity index (χ3n) is 5.53. The van der Waals surface area contributed by atoms with Crippen LogP contribution in [0.4, 0.5) is 8.78 Å². The lowest BCUT2D eigenvalue weighted by atomic mass is 9.92. The van der Waals surface area contributed by atoms with Crippen LogP contribution in [0.15, 0.2) is 42.5 Å². The molecule has 0 aromatic heterocycles. The van der Waals surface area contributed by atoms with E-state index in [9.17, 15) is 13.6 Å². The zero-order valence-corrected chi connectivity index (χ0v) is 16.2. The Morgan fingerprint density at radius 2 is 1.64 bits per heavy atom. The van der Waals surface area contributed by atoms with E-state index in [2.05, 4.69) is 5.32 Å². The molecular formula is C21H23ClF2N2O2. The highest BCUT2D eigenvalue weighted by Crippen LogP contribution is 2.28. The van der Waals surface area contributed by atoms with Crippen LogP contribution in [0.1, 0.15) is 23.2 Å². The zero-order chi connectivity index (χ0) is 18.8. The Balaban J connectivity index is 0.00000225. The minimum absolute atomic E-state index is 0. The van der Waals surface area contributed by atoms with Gasteiger partial charge in [0.05, 0.1) is 0 Å². The number of nitrogens with zero attached hydrogens (tertiary/aromatic N) is 1. The molecule has 150 valence electrons. The first kappa shape index (κ1) is 20.6. The van der Waals surface area contributed by atoms with E-state index in [4.69, 9.17) is 4.74 Å². The Morgan fingerprint density at radius 3 is 2.25 bits per heavy atom. The summed E-state index contributed by atoms with van der Waals surface area (Å²) in [5.74, 6) is 0.283. The van der Waals surface area contributed by atoms with Gasteiger partial charge in [0.15, 0.2) is 11.6 Å². The summed E-state index contributed by atoms with van der Waals surface area (Å²) in [5.41, 5.74) is 0.590. The molecule has 7 heteroatoms. The number of amides is 1. The van der Waals surface area contributed by atoms with Gasteiger partial charge in [-0.05, 0) is 74.2 Å². The average Bonchev–Trinajstić information content (AvgIpc) is 3.02. The molecule has 28 heavy (non-hydrogen) atoms. The van der Waals surface area contributed by atoms with Gasteiger partial charge in [0.25, 0.3) is 5.91 Å². The van der Waals surface area contributed by atoms with Gasteiger partial charge >= 0.3 is 0 Å². The minimum Gasteiger partial charge on any atom is -0.454 e. The van der Waals surface area contributed by atoms with Crippen LogP contribution in [0.2, 0.25) is 0 Å². The molecule has 0 bridgehead atoms. The SMILES string of the molecule is Cl.O=C(c1ccc(Oc2ccc(F)cc2F)cc1)N1CC[C@@H]2CNC[C@@H]2CC1. The molecule has 4 rings (SSSR count). The Kier molecular flexibility index (Phi) is 6.52. The lowest BCUT2D eigenvalue weighted by Crippen LogP contribution is -2.32. The second-order valence-electron chi connectivity index (χ2n) is 7.25. The van der Waals surface area contributed by atoms with Crippen LogP contribution in [0.25, 0.3) is 0 Å². The molecule has 2 saturated heterocycles. The van der Waals surface area contributed by atoms with Crippen LogP contribution in [-0.4, -0.2) is 37.0 Å². The molecule has 1 amide bonds. The van der Waals surface area contributed by atoms with Crippen LogP contribution in [0, 0.1) is 23.5 Å². The fourth-order valence-electron chi connectivity index (χ4n) is 3.95. The standard InChI is InChI=1S/C21H22F2N2O2.ClH/c22-17-3-6-20(19(23)11-17)27-18-4-1-14(2-5-18)21(26)25-9-7-15-12-24-13-16(15)8-10-25;/h1-6,11,15-16,24H,7-10,12-13H2;1H/t15-,16+;. The number of benzene rings is 2. The zero-order valence-electron chi connectivity index (χ0n) is 15.4. The second-order valence-corrected chi connectivity index (χ2v) is 7.25. The minimum atomic E-state index is -0.764. The van der Waals surface area contributed by atoms with Crippen molar-refractivity contribution in [2.45, 2.75) is 12.8 Å². The number of rotatable bonds is 3. The van der Waals surface area contributed by atoms with Gasteiger partial charge in [-0.1, -0.05) is 0 Å². The summed E-state index contributed by atoms with van der Waals surface area (Å²) in [5, 5.41) is 3.44. The third-order valence-corrected chi connectivity index (χ3v) is 5.53. The van der Waals surface area contributed by atoms with Gasteiger partial charge < -0.3 is 15.0 Å². The van der Waals surface area contributed by atoms with Crippen molar-refractivity contribution in [2.75, 3.05) is 26.2 Å². The van der Waals surface area contributed by atoms with Crippen molar-refractivity contribution in [2.24, 2.45) is 11.8 Å². The van der Waals surface area contributed by atoms with Crippen molar-refractivity contribution < 1.29 is 18.3 Å². The first-order valence-electron chi connectivity index (χ1n) is 9.33. The predicted octanol–water partition coefficient (Wildman–Crippen LogP) is 4.25. The van der Waals surface area contributed by atoms with Crippen molar-refractivity contribution in [3.63, 3.8) is 0 Å². The van der Waals surface area contributed by atoms with Gasteiger partial charge in [-0.25, -0.2) is 8.78 Å². The predicted molar refractivity (Wildman–Crippen MR) is 105 cm³/mol. The third kappa shape index (κ3) is 4.45. The van der Waals surface area contributed by atoms with Crippen molar-refractivity contribution >= 4 is 18.3 Å². The monoisotopic (exact) mass is 408 g/mol. The van der Waals surface area contributed by atoms with Gasteiger partial charge in [0.2, 0.25) is 0 Å². The molecule has 0 radical (unpaired) electrons. The number of fused-ring (bicyclic) bond motifs is 1. The number of carbonyl (C=O) groups is 1. The van der Waals surface area contributed by atoms with Gasteiger partial charge in [0.1, 0.15) is 11.6 Å². The molecule has 4 nitrogen and oxygen atoms in total. The van der Waals surface area contributed by atoms with E-state index in [1.807, 2.05) is 4.90 Å². The Morgan fingerprint density at radius 1 is 1.00 bits per heavy atom. The first-order chi connectivity index (χ1) is 13.1. The molecule has 2 aliphatic heterocycles. The maximum atomic E-state index is 13.7.